The van der Waals surface area contributed by atoms with E-state index in [2.05, 4.69) is 5.43 Å². The van der Waals surface area contributed by atoms with Gasteiger partial charge in [0.05, 0.1) is 17.1 Å². The van der Waals surface area contributed by atoms with Crippen molar-refractivity contribution in [1.29, 1.82) is 0 Å². The lowest BCUT2D eigenvalue weighted by molar-refractivity contribution is -0.136. The van der Waals surface area contributed by atoms with Crippen molar-refractivity contribution >= 4 is 23.0 Å². The van der Waals surface area contributed by atoms with E-state index >= 15 is 0 Å². The second-order valence-corrected chi connectivity index (χ2v) is 5.71. The molecule has 3 aromatic rings. The lowest BCUT2D eigenvalue weighted by atomic mass is 10.1. The Morgan fingerprint density at radius 1 is 0.800 bits per heavy atom. The minimum Gasteiger partial charge on any atom is -0.481 e. The van der Waals surface area contributed by atoms with Crippen LogP contribution in [0.1, 0.15) is 12.0 Å². The first-order valence-electron chi connectivity index (χ1n) is 8.20. The van der Waals surface area contributed by atoms with Gasteiger partial charge in [-0.25, -0.2) is 0 Å². The van der Waals surface area contributed by atoms with Gasteiger partial charge >= 0.3 is 5.97 Å². The van der Waals surface area contributed by atoms with E-state index in [4.69, 9.17) is 5.11 Å². The second-order valence-electron chi connectivity index (χ2n) is 5.71. The largest absolute Gasteiger partial charge is 0.481 e. The maximum absolute atomic E-state index is 10.7. The van der Waals surface area contributed by atoms with E-state index in [1.54, 1.807) is 0 Å². The molecule has 0 heterocycles. The van der Waals surface area contributed by atoms with E-state index in [1.807, 2.05) is 89.9 Å². The Hall–Kier alpha value is -3.27. The Morgan fingerprint density at radius 3 is 1.96 bits per heavy atom. The molecule has 0 spiro atoms. The van der Waals surface area contributed by atoms with Crippen LogP contribution >= 0.6 is 0 Å². The van der Waals surface area contributed by atoms with Crippen molar-refractivity contribution in [2.45, 2.75) is 12.8 Å². The molecule has 3 rings (SSSR count). The zero-order chi connectivity index (χ0) is 17.5. The molecular weight excluding hydrogens is 312 g/mol. The number of aryl methyl sites for hydroxylation is 1. The number of hydrazine groups is 1. The smallest absolute Gasteiger partial charge is 0.303 e. The van der Waals surface area contributed by atoms with Crippen molar-refractivity contribution in [2.75, 3.05) is 10.4 Å². The van der Waals surface area contributed by atoms with Gasteiger partial charge in [0.25, 0.3) is 0 Å². The Morgan fingerprint density at radius 2 is 1.36 bits per heavy atom. The van der Waals surface area contributed by atoms with Gasteiger partial charge < -0.3 is 5.11 Å². The Kier molecular flexibility index (Phi) is 5.32. The van der Waals surface area contributed by atoms with E-state index in [9.17, 15) is 4.79 Å². The van der Waals surface area contributed by atoms with Crippen LogP contribution < -0.4 is 10.4 Å². The molecule has 0 aromatic heterocycles. The predicted octanol–water partition coefficient (Wildman–Crippen LogP) is 4.87. The summed E-state index contributed by atoms with van der Waals surface area (Å²) in [7, 11) is 0. The van der Waals surface area contributed by atoms with Crippen LogP contribution in [0.3, 0.4) is 0 Å². The molecule has 126 valence electrons. The molecule has 0 aliphatic carbocycles. The maximum Gasteiger partial charge on any atom is 0.303 e. The minimum absolute atomic E-state index is 0.143. The molecule has 2 N–H and O–H groups in total. The first kappa shape index (κ1) is 16.6. The van der Waals surface area contributed by atoms with E-state index in [1.165, 1.54) is 0 Å². The number of nitrogens with zero attached hydrogens (tertiary/aromatic N) is 1. The number of benzene rings is 3. The van der Waals surface area contributed by atoms with Crippen LogP contribution in [0, 0.1) is 0 Å². The van der Waals surface area contributed by atoms with Crippen LogP contribution in [-0.4, -0.2) is 11.1 Å². The molecule has 25 heavy (non-hydrogen) atoms. The van der Waals surface area contributed by atoms with Gasteiger partial charge in [-0.05, 0) is 48.4 Å². The molecule has 0 radical (unpaired) electrons. The lowest BCUT2D eigenvalue weighted by Crippen LogP contribution is -2.24. The lowest BCUT2D eigenvalue weighted by Gasteiger charge is -2.27. The molecule has 0 bridgehead atoms. The number of anilines is 3. The third kappa shape index (κ3) is 4.61. The molecule has 0 amide bonds. The van der Waals surface area contributed by atoms with Gasteiger partial charge in [-0.15, -0.1) is 0 Å². The van der Waals surface area contributed by atoms with Gasteiger partial charge in [0.1, 0.15) is 0 Å². The fraction of sp³-hybridized carbons (Fsp3) is 0.0952. The summed E-state index contributed by atoms with van der Waals surface area (Å²) < 4.78 is 0. The number of hydrogen-bond acceptors (Lipinski definition) is 3. The number of carboxylic acid groups (broad SMARTS) is 1. The summed E-state index contributed by atoms with van der Waals surface area (Å²) in [5.74, 6) is -0.777. The van der Waals surface area contributed by atoms with Gasteiger partial charge in [0.2, 0.25) is 0 Å². The molecule has 0 aliphatic rings. The summed E-state index contributed by atoms with van der Waals surface area (Å²) in [5, 5.41) is 10.8. The van der Waals surface area contributed by atoms with Crippen LogP contribution in [0.15, 0.2) is 84.9 Å². The molecule has 0 aliphatic heterocycles. The van der Waals surface area contributed by atoms with E-state index in [0.29, 0.717) is 6.42 Å². The highest BCUT2D eigenvalue weighted by molar-refractivity contribution is 5.69. The zero-order valence-corrected chi connectivity index (χ0v) is 13.8. The fourth-order valence-corrected chi connectivity index (χ4v) is 2.56. The average molecular weight is 332 g/mol. The predicted molar refractivity (Wildman–Crippen MR) is 101 cm³/mol. The summed E-state index contributed by atoms with van der Waals surface area (Å²) in [5.41, 5.74) is 7.42. The topological polar surface area (TPSA) is 52.6 Å². The van der Waals surface area contributed by atoms with Crippen LogP contribution in [0.25, 0.3) is 0 Å². The van der Waals surface area contributed by atoms with Crippen LogP contribution in [0.2, 0.25) is 0 Å². The number of aliphatic carboxylic acids is 1. The average Bonchev–Trinajstić information content (AvgIpc) is 2.66. The van der Waals surface area contributed by atoms with E-state index < -0.39 is 5.97 Å². The molecule has 4 nitrogen and oxygen atoms in total. The monoisotopic (exact) mass is 332 g/mol. The summed E-state index contributed by atoms with van der Waals surface area (Å²) in [4.78, 5) is 10.7. The Bertz CT molecular complexity index is 802. The van der Waals surface area contributed by atoms with E-state index in [0.717, 1.165) is 22.6 Å². The van der Waals surface area contributed by atoms with Crippen molar-refractivity contribution in [3.8, 4) is 0 Å². The Balaban J connectivity index is 1.85. The molecule has 0 fully saturated rings. The van der Waals surface area contributed by atoms with E-state index in [-0.39, 0.29) is 6.42 Å². The number of rotatable bonds is 7. The van der Waals surface area contributed by atoms with Crippen molar-refractivity contribution in [1.82, 2.24) is 0 Å². The Labute approximate surface area is 147 Å². The van der Waals surface area contributed by atoms with Crippen molar-refractivity contribution in [2.24, 2.45) is 0 Å². The summed E-state index contributed by atoms with van der Waals surface area (Å²) >= 11 is 0. The standard InChI is InChI=1S/C21H20N2O2/c24-21(25)16-13-17-11-14-20(15-12-17)23(19-9-5-2-6-10-19)22-18-7-3-1-4-8-18/h1-12,14-15,22H,13,16H2,(H,24,25). The first-order chi connectivity index (χ1) is 12.2. The van der Waals surface area contributed by atoms with Gasteiger partial charge in [-0.2, -0.15) is 0 Å². The highest BCUT2D eigenvalue weighted by atomic mass is 16.4. The van der Waals surface area contributed by atoms with Crippen molar-refractivity contribution in [3.63, 3.8) is 0 Å². The molecule has 4 heteroatoms. The highest BCUT2D eigenvalue weighted by Gasteiger charge is 2.09. The molecule has 3 aromatic carbocycles. The highest BCUT2D eigenvalue weighted by Crippen LogP contribution is 2.26. The SMILES string of the molecule is O=C(O)CCc1ccc(N(Nc2ccccc2)c2ccccc2)cc1. The fourth-order valence-electron chi connectivity index (χ4n) is 2.56. The third-order valence-corrected chi connectivity index (χ3v) is 3.85. The number of carbonyl (C=O) groups is 1. The second kappa shape index (κ2) is 8.02. The minimum atomic E-state index is -0.777. The maximum atomic E-state index is 10.7. The number of nitrogens with one attached hydrogen (secondary N) is 1. The number of hydrogen-bond donors (Lipinski definition) is 2. The first-order valence-corrected chi connectivity index (χ1v) is 8.20. The molecular formula is C21H20N2O2. The molecule has 0 saturated heterocycles. The van der Waals surface area contributed by atoms with Gasteiger partial charge in [-0.1, -0.05) is 48.5 Å². The molecule has 0 saturated carbocycles. The number of carboxylic acids is 1. The third-order valence-electron chi connectivity index (χ3n) is 3.85. The van der Waals surface area contributed by atoms with Crippen LogP contribution in [0.4, 0.5) is 17.1 Å². The summed E-state index contributed by atoms with van der Waals surface area (Å²) in [6.07, 6.45) is 0.678. The van der Waals surface area contributed by atoms with Crippen molar-refractivity contribution < 1.29 is 9.90 Å². The molecule has 0 atom stereocenters. The quantitative estimate of drug-likeness (QED) is 0.606. The van der Waals surface area contributed by atoms with Crippen LogP contribution in [-0.2, 0) is 11.2 Å². The van der Waals surface area contributed by atoms with Crippen LogP contribution in [0.5, 0.6) is 0 Å². The van der Waals surface area contributed by atoms with Gasteiger partial charge in [0, 0.05) is 6.42 Å². The number of para-hydroxylation sites is 2. The summed E-state index contributed by atoms with van der Waals surface area (Å²) in [6, 6.07) is 28.0. The van der Waals surface area contributed by atoms with Crippen molar-refractivity contribution in [3.05, 3.63) is 90.5 Å². The normalized spacial score (nSPS) is 10.2. The summed E-state index contributed by atoms with van der Waals surface area (Å²) in [6.45, 7) is 0. The zero-order valence-electron chi connectivity index (χ0n) is 13.8. The molecule has 0 unspecified atom stereocenters. The van der Waals surface area contributed by atoms with Gasteiger partial charge in [-0.3, -0.25) is 15.2 Å². The van der Waals surface area contributed by atoms with Gasteiger partial charge in [0.15, 0.2) is 0 Å².